The number of hydrogen-bond acceptors (Lipinski definition) is 4. The van der Waals surface area contributed by atoms with E-state index in [0.717, 1.165) is 18.4 Å². The number of benzene rings is 1. The van der Waals surface area contributed by atoms with Crippen LogP contribution in [-0.4, -0.2) is 16.2 Å². The van der Waals surface area contributed by atoms with Crippen molar-refractivity contribution >= 4 is 23.2 Å². The molecular weight excluding hydrogens is 297 g/mol. The highest BCUT2D eigenvalue weighted by Crippen LogP contribution is 2.26. The summed E-state index contributed by atoms with van der Waals surface area (Å²) in [4.78, 5) is 4.33. The average Bonchev–Trinajstić information content (AvgIpc) is 2.82. The van der Waals surface area contributed by atoms with Crippen molar-refractivity contribution < 1.29 is 4.52 Å². The molecule has 6 heteroatoms. The van der Waals surface area contributed by atoms with Gasteiger partial charge >= 0.3 is 0 Å². The topological polar surface area (TPSA) is 64.9 Å². The van der Waals surface area contributed by atoms with Crippen LogP contribution in [0.25, 0.3) is 0 Å². The maximum absolute atomic E-state index is 6.12. The molecule has 0 spiro atoms. The number of nitrogens with zero attached hydrogens (tertiary/aromatic N) is 2. The van der Waals surface area contributed by atoms with Crippen molar-refractivity contribution in [3.63, 3.8) is 0 Å². The summed E-state index contributed by atoms with van der Waals surface area (Å²) in [5, 5.41) is 5.15. The van der Waals surface area contributed by atoms with E-state index in [2.05, 4.69) is 17.1 Å². The molecule has 1 aromatic carbocycles. The monoisotopic (exact) mass is 313 g/mol. The zero-order valence-electron chi connectivity index (χ0n) is 11.3. The Kier molecular flexibility index (Phi) is 5.40. The third kappa shape index (κ3) is 3.95. The Bertz CT molecular complexity index is 551. The molecule has 4 nitrogen and oxygen atoms in total. The first-order chi connectivity index (χ1) is 9.60. The highest BCUT2D eigenvalue weighted by atomic mass is 35.5. The van der Waals surface area contributed by atoms with Crippen LogP contribution in [-0.2, 0) is 12.8 Å². The van der Waals surface area contributed by atoms with E-state index in [4.69, 9.17) is 33.5 Å². The molecule has 0 aliphatic carbocycles. The largest absolute Gasteiger partial charge is 0.339 e. The van der Waals surface area contributed by atoms with Gasteiger partial charge in [0.1, 0.15) is 0 Å². The van der Waals surface area contributed by atoms with E-state index in [1.165, 1.54) is 0 Å². The SMILES string of the molecule is CCCC(N)Cc1nc(Cc2c(Cl)cccc2Cl)no1. The van der Waals surface area contributed by atoms with Gasteiger partial charge in [0.2, 0.25) is 5.89 Å². The van der Waals surface area contributed by atoms with Gasteiger partial charge in [-0.3, -0.25) is 0 Å². The summed E-state index contributed by atoms with van der Waals surface area (Å²) in [6.07, 6.45) is 3.02. The predicted octanol–water partition coefficient (Wildman–Crippen LogP) is 3.64. The van der Waals surface area contributed by atoms with Crippen LogP contribution in [0.3, 0.4) is 0 Å². The van der Waals surface area contributed by atoms with Gasteiger partial charge in [0.25, 0.3) is 0 Å². The molecule has 2 N–H and O–H groups in total. The van der Waals surface area contributed by atoms with Crippen LogP contribution < -0.4 is 5.73 Å². The Labute approximate surface area is 128 Å². The lowest BCUT2D eigenvalue weighted by atomic mass is 10.1. The predicted molar refractivity (Wildman–Crippen MR) is 80.2 cm³/mol. The van der Waals surface area contributed by atoms with Gasteiger partial charge in [-0.25, -0.2) is 0 Å². The van der Waals surface area contributed by atoms with Crippen LogP contribution in [0.15, 0.2) is 22.7 Å². The Hall–Kier alpha value is -1.10. The molecule has 1 atom stereocenters. The van der Waals surface area contributed by atoms with Gasteiger partial charge in [0, 0.05) is 28.9 Å². The number of hydrogen-bond donors (Lipinski definition) is 1. The molecule has 0 amide bonds. The molecule has 1 heterocycles. The van der Waals surface area contributed by atoms with E-state index in [1.807, 2.05) is 0 Å². The van der Waals surface area contributed by atoms with Gasteiger partial charge in [-0.05, 0) is 24.1 Å². The first kappa shape index (κ1) is 15.3. The van der Waals surface area contributed by atoms with E-state index in [1.54, 1.807) is 18.2 Å². The molecule has 0 bridgehead atoms. The van der Waals surface area contributed by atoms with Gasteiger partial charge in [-0.2, -0.15) is 4.98 Å². The fourth-order valence-corrected chi connectivity index (χ4v) is 2.53. The summed E-state index contributed by atoms with van der Waals surface area (Å²) < 4.78 is 5.21. The summed E-state index contributed by atoms with van der Waals surface area (Å²) >= 11 is 12.2. The molecule has 0 fully saturated rings. The molecule has 0 saturated carbocycles. The number of rotatable bonds is 6. The lowest BCUT2D eigenvalue weighted by Gasteiger charge is -2.05. The van der Waals surface area contributed by atoms with Gasteiger partial charge in [0.15, 0.2) is 5.82 Å². The van der Waals surface area contributed by atoms with Gasteiger partial charge < -0.3 is 10.3 Å². The second-order valence-corrected chi connectivity index (χ2v) is 5.55. The van der Waals surface area contributed by atoms with E-state index < -0.39 is 0 Å². The Morgan fingerprint density at radius 3 is 2.65 bits per heavy atom. The van der Waals surface area contributed by atoms with Crippen molar-refractivity contribution in [2.45, 2.75) is 38.6 Å². The minimum Gasteiger partial charge on any atom is -0.339 e. The fourth-order valence-electron chi connectivity index (χ4n) is 2.00. The van der Waals surface area contributed by atoms with Gasteiger partial charge in [-0.1, -0.05) is 47.8 Å². The number of nitrogens with two attached hydrogens (primary N) is 1. The standard InChI is InChI=1S/C14H17Cl2N3O/c1-2-4-9(17)7-14-18-13(19-20-14)8-10-11(15)5-3-6-12(10)16/h3,5-6,9H,2,4,7-8,17H2,1H3. The minimum absolute atomic E-state index is 0.0530. The van der Waals surface area contributed by atoms with Crippen molar-refractivity contribution in [2.24, 2.45) is 5.73 Å². The highest BCUT2D eigenvalue weighted by molar-refractivity contribution is 6.36. The molecule has 0 aliphatic heterocycles. The first-order valence-corrected chi connectivity index (χ1v) is 7.35. The van der Waals surface area contributed by atoms with E-state index >= 15 is 0 Å². The Morgan fingerprint density at radius 2 is 2.00 bits per heavy atom. The maximum Gasteiger partial charge on any atom is 0.228 e. The van der Waals surface area contributed by atoms with Crippen molar-refractivity contribution in [2.75, 3.05) is 0 Å². The van der Waals surface area contributed by atoms with Crippen LogP contribution >= 0.6 is 23.2 Å². The van der Waals surface area contributed by atoms with E-state index in [-0.39, 0.29) is 6.04 Å². The molecule has 108 valence electrons. The molecule has 20 heavy (non-hydrogen) atoms. The van der Waals surface area contributed by atoms with Crippen LogP contribution in [0.2, 0.25) is 10.0 Å². The molecule has 2 aromatic rings. The Morgan fingerprint density at radius 1 is 1.30 bits per heavy atom. The minimum atomic E-state index is 0.0530. The lowest BCUT2D eigenvalue weighted by molar-refractivity contribution is 0.361. The molecule has 0 saturated heterocycles. The fraction of sp³-hybridized carbons (Fsp3) is 0.429. The third-order valence-corrected chi connectivity index (χ3v) is 3.71. The summed E-state index contributed by atoms with van der Waals surface area (Å²) in [7, 11) is 0. The number of halogens is 2. The molecule has 1 unspecified atom stereocenters. The van der Waals surface area contributed by atoms with Gasteiger partial charge in [-0.15, -0.1) is 0 Å². The van der Waals surface area contributed by atoms with Crippen LogP contribution in [0, 0.1) is 0 Å². The molecular formula is C14H17Cl2N3O. The van der Waals surface area contributed by atoms with Crippen molar-refractivity contribution in [3.8, 4) is 0 Å². The van der Waals surface area contributed by atoms with Crippen LogP contribution in [0.5, 0.6) is 0 Å². The first-order valence-electron chi connectivity index (χ1n) is 6.60. The molecule has 2 rings (SSSR count). The van der Waals surface area contributed by atoms with Crippen molar-refractivity contribution in [1.29, 1.82) is 0 Å². The van der Waals surface area contributed by atoms with Crippen molar-refractivity contribution in [3.05, 3.63) is 45.5 Å². The summed E-state index contributed by atoms with van der Waals surface area (Å²) in [5.74, 6) is 1.13. The highest BCUT2D eigenvalue weighted by Gasteiger charge is 2.13. The van der Waals surface area contributed by atoms with E-state index in [9.17, 15) is 0 Å². The second-order valence-electron chi connectivity index (χ2n) is 4.73. The molecule has 0 aliphatic rings. The second kappa shape index (κ2) is 7.07. The summed E-state index contributed by atoms with van der Waals surface area (Å²) in [6, 6.07) is 5.44. The Balaban J connectivity index is 2.06. The average molecular weight is 314 g/mol. The van der Waals surface area contributed by atoms with Gasteiger partial charge in [0.05, 0.1) is 0 Å². The third-order valence-electron chi connectivity index (χ3n) is 3.00. The molecule has 1 aromatic heterocycles. The number of aromatic nitrogens is 2. The zero-order valence-corrected chi connectivity index (χ0v) is 12.8. The maximum atomic E-state index is 6.12. The zero-order chi connectivity index (χ0) is 14.5. The summed E-state index contributed by atoms with van der Waals surface area (Å²) in [6.45, 7) is 2.10. The van der Waals surface area contributed by atoms with Crippen molar-refractivity contribution in [1.82, 2.24) is 10.1 Å². The van der Waals surface area contributed by atoms with E-state index in [0.29, 0.717) is 34.6 Å². The van der Waals surface area contributed by atoms with Crippen LogP contribution in [0.4, 0.5) is 0 Å². The smallest absolute Gasteiger partial charge is 0.228 e. The summed E-state index contributed by atoms with van der Waals surface area (Å²) in [5.41, 5.74) is 6.76. The van der Waals surface area contributed by atoms with Crippen LogP contribution in [0.1, 0.15) is 37.0 Å². The quantitative estimate of drug-likeness (QED) is 0.884. The lowest BCUT2D eigenvalue weighted by Crippen LogP contribution is -2.22. The normalized spacial score (nSPS) is 12.6. The molecule has 0 radical (unpaired) electrons.